The zero-order valence-corrected chi connectivity index (χ0v) is 19.1. The molecule has 7 nitrogen and oxygen atoms in total. The van der Waals surface area contributed by atoms with Gasteiger partial charge in [-0.3, -0.25) is 9.69 Å². The van der Waals surface area contributed by atoms with Crippen LogP contribution in [0.3, 0.4) is 0 Å². The van der Waals surface area contributed by atoms with Crippen molar-refractivity contribution in [2.45, 2.75) is 39.3 Å². The highest BCUT2D eigenvalue weighted by molar-refractivity contribution is 6.35. The lowest BCUT2D eigenvalue weighted by atomic mass is 9.91. The van der Waals surface area contributed by atoms with Gasteiger partial charge in [0.1, 0.15) is 5.54 Å². The molecule has 2 aromatic rings. The molecule has 164 valence electrons. The van der Waals surface area contributed by atoms with Crippen molar-refractivity contribution in [1.29, 1.82) is 0 Å². The molecule has 0 aliphatic carbocycles. The minimum Gasteiger partial charge on any atom is -0.369 e. The summed E-state index contributed by atoms with van der Waals surface area (Å²) in [6, 6.07) is 11.5. The molecular formula is C22H25Cl2N5O2. The van der Waals surface area contributed by atoms with Gasteiger partial charge in [0, 0.05) is 21.4 Å². The van der Waals surface area contributed by atoms with Crippen LogP contribution in [0.25, 0.3) is 0 Å². The molecule has 0 spiro atoms. The molecule has 1 aliphatic rings. The number of hydrogen-bond acceptors (Lipinski definition) is 4. The Morgan fingerprint density at radius 3 is 2.26 bits per heavy atom. The van der Waals surface area contributed by atoms with Crippen LogP contribution >= 0.6 is 23.2 Å². The van der Waals surface area contributed by atoms with Gasteiger partial charge < -0.3 is 16.4 Å². The van der Waals surface area contributed by atoms with E-state index in [9.17, 15) is 9.59 Å². The Labute approximate surface area is 191 Å². The van der Waals surface area contributed by atoms with Crippen molar-refractivity contribution in [3.05, 3.63) is 58.1 Å². The highest BCUT2D eigenvalue weighted by atomic mass is 35.5. The predicted molar refractivity (Wildman–Crippen MR) is 126 cm³/mol. The van der Waals surface area contributed by atoms with Crippen LogP contribution in [0, 0.1) is 5.92 Å². The lowest BCUT2D eigenvalue weighted by molar-refractivity contribution is -0.131. The first-order valence-corrected chi connectivity index (χ1v) is 10.6. The third kappa shape index (κ3) is 5.68. The Morgan fingerprint density at radius 1 is 1.10 bits per heavy atom. The topological polar surface area (TPSA) is 99.8 Å². The molecule has 3 amide bonds. The van der Waals surface area contributed by atoms with Crippen LogP contribution in [-0.2, 0) is 11.3 Å². The second-order valence-corrected chi connectivity index (χ2v) is 9.04. The predicted octanol–water partition coefficient (Wildman–Crippen LogP) is 5.10. The number of amides is 3. The molecule has 0 saturated heterocycles. The monoisotopic (exact) mass is 461 g/mol. The van der Waals surface area contributed by atoms with Gasteiger partial charge in [-0.25, -0.2) is 9.79 Å². The van der Waals surface area contributed by atoms with Gasteiger partial charge in [0.15, 0.2) is 5.96 Å². The van der Waals surface area contributed by atoms with Crippen molar-refractivity contribution in [3.63, 3.8) is 0 Å². The van der Waals surface area contributed by atoms with Crippen LogP contribution in [0.1, 0.15) is 32.8 Å². The number of anilines is 2. The van der Waals surface area contributed by atoms with Gasteiger partial charge >= 0.3 is 6.03 Å². The fourth-order valence-corrected chi connectivity index (χ4v) is 4.16. The molecule has 9 heteroatoms. The van der Waals surface area contributed by atoms with E-state index in [1.165, 1.54) is 4.90 Å². The van der Waals surface area contributed by atoms with E-state index in [1.807, 2.05) is 19.1 Å². The van der Waals surface area contributed by atoms with Crippen LogP contribution < -0.4 is 16.4 Å². The third-order valence-electron chi connectivity index (χ3n) is 4.82. The molecule has 1 heterocycles. The molecule has 4 N–H and O–H groups in total. The summed E-state index contributed by atoms with van der Waals surface area (Å²) < 4.78 is 0. The first-order valence-electron chi connectivity index (χ1n) is 9.86. The highest BCUT2D eigenvalue weighted by Gasteiger charge is 2.43. The summed E-state index contributed by atoms with van der Waals surface area (Å²) in [5.41, 5.74) is 7.16. The van der Waals surface area contributed by atoms with E-state index in [1.54, 1.807) is 30.3 Å². The van der Waals surface area contributed by atoms with Gasteiger partial charge in [0.05, 0.1) is 6.54 Å². The van der Waals surface area contributed by atoms with Gasteiger partial charge in [-0.05, 0) is 55.2 Å². The van der Waals surface area contributed by atoms with Crippen molar-refractivity contribution < 1.29 is 9.59 Å². The summed E-state index contributed by atoms with van der Waals surface area (Å²) in [5.74, 6) is 0.459. The number of nitrogens with two attached hydrogens (primary N) is 1. The molecule has 1 aliphatic heterocycles. The Balaban J connectivity index is 1.61. The van der Waals surface area contributed by atoms with E-state index in [0.717, 1.165) is 5.56 Å². The minimum atomic E-state index is -0.818. The summed E-state index contributed by atoms with van der Waals surface area (Å²) >= 11 is 11.9. The van der Waals surface area contributed by atoms with Crippen molar-refractivity contribution in [3.8, 4) is 0 Å². The maximum absolute atomic E-state index is 12.9. The third-order valence-corrected chi connectivity index (χ3v) is 5.26. The van der Waals surface area contributed by atoms with Gasteiger partial charge in [-0.15, -0.1) is 0 Å². The molecule has 3 rings (SSSR count). The van der Waals surface area contributed by atoms with Crippen LogP contribution in [0.15, 0.2) is 47.5 Å². The van der Waals surface area contributed by atoms with E-state index >= 15 is 0 Å². The second-order valence-electron chi connectivity index (χ2n) is 8.17. The lowest BCUT2D eigenvalue weighted by Crippen LogP contribution is -2.43. The maximum atomic E-state index is 12.9. The van der Waals surface area contributed by atoms with Gasteiger partial charge in [-0.2, -0.15) is 0 Å². The van der Waals surface area contributed by atoms with Crippen LogP contribution in [-0.4, -0.2) is 28.3 Å². The first kappa shape index (κ1) is 22.9. The number of guanidine groups is 1. The quantitative estimate of drug-likeness (QED) is 0.557. The average molecular weight is 462 g/mol. The maximum Gasteiger partial charge on any atom is 0.323 e. The van der Waals surface area contributed by atoms with E-state index in [2.05, 4.69) is 29.5 Å². The standard InChI is InChI=1S/C22H25Cl2N5O2/c1-13(2)11-22(3)19(30)29(20(25)28-22)12-14-4-6-17(7-5-14)26-21(31)27-18-9-15(23)8-16(24)10-18/h4-10,13H,11-12H2,1-3H3,(H2,25,28)(H2,26,27,31). The molecule has 2 aromatic carbocycles. The number of urea groups is 1. The Kier molecular flexibility index (Phi) is 6.77. The summed E-state index contributed by atoms with van der Waals surface area (Å²) in [5, 5.41) is 6.27. The lowest BCUT2D eigenvalue weighted by Gasteiger charge is -2.23. The summed E-state index contributed by atoms with van der Waals surface area (Å²) in [4.78, 5) is 31.0. The summed E-state index contributed by atoms with van der Waals surface area (Å²) in [7, 11) is 0. The Bertz CT molecular complexity index is 1000. The fourth-order valence-electron chi connectivity index (χ4n) is 3.63. The molecule has 0 radical (unpaired) electrons. The number of aliphatic imine (C=N–C) groups is 1. The average Bonchev–Trinajstić information content (AvgIpc) is 2.84. The van der Waals surface area contributed by atoms with Crippen molar-refractivity contribution in [2.24, 2.45) is 16.6 Å². The van der Waals surface area contributed by atoms with Crippen molar-refractivity contribution >= 4 is 52.5 Å². The fraction of sp³-hybridized carbons (Fsp3) is 0.318. The first-order chi connectivity index (χ1) is 14.6. The summed E-state index contributed by atoms with van der Waals surface area (Å²) in [6.45, 7) is 6.24. The highest BCUT2D eigenvalue weighted by Crippen LogP contribution is 2.29. The minimum absolute atomic E-state index is 0.0968. The van der Waals surface area contributed by atoms with E-state index in [0.29, 0.717) is 40.3 Å². The van der Waals surface area contributed by atoms with E-state index < -0.39 is 11.6 Å². The normalized spacial score (nSPS) is 18.3. The van der Waals surface area contributed by atoms with Crippen molar-refractivity contribution in [2.75, 3.05) is 10.6 Å². The molecule has 0 saturated carbocycles. The molecular weight excluding hydrogens is 437 g/mol. The molecule has 1 atom stereocenters. The number of carbonyl (C=O) groups is 2. The number of rotatable bonds is 6. The summed E-state index contributed by atoms with van der Waals surface area (Å²) in [6.07, 6.45) is 0.638. The Hall–Kier alpha value is -2.77. The zero-order chi connectivity index (χ0) is 22.8. The molecule has 0 fully saturated rings. The molecule has 31 heavy (non-hydrogen) atoms. The van der Waals surface area contributed by atoms with Gasteiger partial charge in [0.2, 0.25) is 0 Å². The largest absolute Gasteiger partial charge is 0.369 e. The van der Waals surface area contributed by atoms with Crippen LogP contribution in [0.4, 0.5) is 16.2 Å². The number of carbonyl (C=O) groups excluding carboxylic acids is 2. The van der Waals surface area contributed by atoms with Crippen LogP contribution in [0.2, 0.25) is 10.0 Å². The SMILES string of the molecule is CC(C)CC1(C)N=C(N)N(Cc2ccc(NC(=O)Nc3cc(Cl)cc(Cl)c3)cc2)C1=O. The van der Waals surface area contributed by atoms with E-state index in [4.69, 9.17) is 28.9 Å². The zero-order valence-electron chi connectivity index (χ0n) is 17.6. The molecule has 0 bridgehead atoms. The Morgan fingerprint density at radius 2 is 1.68 bits per heavy atom. The number of hydrogen-bond donors (Lipinski definition) is 3. The van der Waals surface area contributed by atoms with Crippen molar-refractivity contribution in [1.82, 2.24) is 4.90 Å². The second kappa shape index (κ2) is 9.16. The van der Waals surface area contributed by atoms with E-state index in [-0.39, 0.29) is 11.9 Å². The van der Waals surface area contributed by atoms with Gasteiger partial charge in [0.25, 0.3) is 5.91 Å². The number of benzene rings is 2. The molecule has 1 unspecified atom stereocenters. The molecule has 0 aromatic heterocycles. The number of halogens is 2. The number of nitrogens with one attached hydrogen (secondary N) is 2. The number of nitrogens with zero attached hydrogens (tertiary/aromatic N) is 2. The van der Waals surface area contributed by atoms with Crippen LogP contribution in [0.5, 0.6) is 0 Å². The smallest absolute Gasteiger partial charge is 0.323 e. The van der Waals surface area contributed by atoms with Gasteiger partial charge in [-0.1, -0.05) is 49.2 Å².